The van der Waals surface area contributed by atoms with Crippen molar-refractivity contribution in [1.82, 2.24) is 10.3 Å². The molecule has 2 rings (SSSR count). The van der Waals surface area contributed by atoms with Gasteiger partial charge in [-0.15, -0.1) is 11.3 Å². The number of rotatable bonds is 4. The van der Waals surface area contributed by atoms with Crippen LogP contribution in [-0.2, 0) is 0 Å². The van der Waals surface area contributed by atoms with Crippen molar-refractivity contribution in [3.8, 4) is 5.88 Å². The van der Waals surface area contributed by atoms with Crippen molar-refractivity contribution >= 4 is 28.8 Å². The summed E-state index contributed by atoms with van der Waals surface area (Å²) in [6.07, 6.45) is 1.58. The molecule has 100 valence electrons. The van der Waals surface area contributed by atoms with Gasteiger partial charge in [0, 0.05) is 11.1 Å². The lowest BCUT2D eigenvalue weighted by Crippen LogP contribution is -2.26. The van der Waals surface area contributed by atoms with Gasteiger partial charge in [0.15, 0.2) is 0 Å². The smallest absolute Gasteiger partial charge is 0.257 e. The first kappa shape index (κ1) is 13.8. The Labute approximate surface area is 120 Å². The van der Waals surface area contributed by atoms with Crippen LogP contribution in [0.15, 0.2) is 30.5 Å². The summed E-state index contributed by atoms with van der Waals surface area (Å²) in [4.78, 5) is 17.2. The second-order valence-electron chi connectivity index (χ2n) is 3.90. The Morgan fingerprint density at radius 2 is 2.26 bits per heavy atom. The second kappa shape index (κ2) is 6.04. The SMILES string of the molecule is COc1ncccc1C(=O)N[C@@H](C)c1ccc(Cl)s1. The predicted molar refractivity (Wildman–Crippen MR) is 76.0 cm³/mol. The van der Waals surface area contributed by atoms with Crippen LogP contribution in [0, 0.1) is 0 Å². The lowest BCUT2D eigenvalue weighted by atomic mass is 10.2. The molecule has 0 radical (unpaired) electrons. The molecule has 2 heterocycles. The van der Waals surface area contributed by atoms with E-state index in [-0.39, 0.29) is 11.9 Å². The minimum Gasteiger partial charge on any atom is -0.480 e. The number of pyridine rings is 1. The van der Waals surface area contributed by atoms with E-state index in [0.29, 0.717) is 15.8 Å². The molecular weight excluding hydrogens is 284 g/mol. The monoisotopic (exact) mass is 296 g/mol. The van der Waals surface area contributed by atoms with Gasteiger partial charge in [0.1, 0.15) is 5.56 Å². The van der Waals surface area contributed by atoms with Crippen LogP contribution in [0.5, 0.6) is 5.88 Å². The zero-order valence-corrected chi connectivity index (χ0v) is 12.1. The molecule has 0 aliphatic rings. The molecule has 1 amide bonds. The molecule has 0 saturated heterocycles. The molecule has 2 aromatic heterocycles. The lowest BCUT2D eigenvalue weighted by Gasteiger charge is -2.13. The van der Waals surface area contributed by atoms with Crippen molar-refractivity contribution in [1.29, 1.82) is 0 Å². The average molecular weight is 297 g/mol. The molecule has 2 aromatic rings. The minimum absolute atomic E-state index is 0.116. The molecule has 4 nitrogen and oxygen atoms in total. The van der Waals surface area contributed by atoms with Crippen LogP contribution < -0.4 is 10.1 Å². The first-order chi connectivity index (χ1) is 9.11. The van der Waals surface area contributed by atoms with Crippen molar-refractivity contribution in [2.45, 2.75) is 13.0 Å². The number of nitrogens with one attached hydrogen (secondary N) is 1. The largest absolute Gasteiger partial charge is 0.480 e. The number of carbonyl (C=O) groups is 1. The highest BCUT2D eigenvalue weighted by atomic mass is 35.5. The average Bonchev–Trinajstić information content (AvgIpc) is 2.85. The third kappa shape index (κ3) is 3.24. The molecule has 1 atom stereocenters. The first-order valence-corrected chi connectivity index (χ1v) is 6.86. The number of aromatic nitrogens is 1. The number of carbonyl (C=O) groups excluding carboxylic acids is 1. The van der Waals surface area contributed by atoms with Gasteiger partial charge in [-0.05, 0) is 31.2 Å². The van der Waals surface area contributed by atoms with Crippen LogP contribution in [-0.4, -0.2) is 18.0 Å². The van der Waals surface area contributed by atoms with E-state index in [1.807, 2.05) is 19.1 Å². The van der Waals surface area contributed by atoms with Crippen molar-refractivity contribution in [2.24, 2.45) is 0 Å². The number of halogens is 1. The van der Waals surface area contributed by atoms with E-state index < -0.39 is 0 Å². The summed E-state index contributed by atoms with van der Waals surface area (Å²) in [6.45, 7) is 1.91. The van der Waals surface area contributed by atoms with Gasteiger partial charge in [-0.3, -0.25) is 4.79 Å². The van der Waals surface area contributed by atoms with Crippen LogP contribution in [0.2, 0.25) is 4.34 Å². The minimum atomic E-state index is -0.220. The van der Waals surface area contributed by atoms with Gasteiger partial charge in [-0.25, -0.2) is 4.98 Å². The summed E-state index contributed by atoms with van der Waals surface area (Å²) in [7, 11) is 1.49. The zero-order valence-electron chi connectivity index (χ0n) is 10.5. The summed E-state index contributed by atoms with van der Waals surface area (Å²) >= 11 is 7.33. The fourth-order valence-electron chi connectivity index (χ4n) is 1.63. The van der Waals surface area contributed by atoms with E-state index in [1.165, 1.54) is 18.4 Å². The van der Waals surface area contributed by atoms with Gasteiger partial charge in [-0.2, -0.15) is 0 Å². The molecule has 1 N–H and O–H groups in total. The van der Waals surface area contributed by atoms with E-state index >= 15 is 0 Å². The highest BCUT2D eigenvalue weighted by Gasteiger charge is 2.16. The number of amides is 1. The molecule has 0 aromatic carbocycles. The Hall–Kier alpha value is -1.59. The van der Waals surface area contributed by atoms with Gasteiger partial charge in [0.25, 0.3) is 5.91 Å². The number of hydrogen-bond acceptors (Lipinski definition) is 4. The molecule has 0 fully saturated rings. The molecule has 6 heteroatoms. The Bertz CT molecular complexity index is 586. The number of nitrogens with zero attached hydrogens (tertiary/aromatic N) is 1. The van der Waals surface area contributed by atoms with Gasteiger partial charge in [-0.1, -0.05) is 11.6 Å². The molecule has 0 bridgehead atoms. The van der Waals surface area contributed by atoms with E-state index in [4.69, 9.17) is 16.3 Å². The number of methoxy groups -OCH3 is 1. The third-order valence-corrected chi connectivity index (χ3v) is 3.99. The van der Waals surface area contributed by atoms with E-state index in [0.717, 1.165) is 4.88 Å². The summed E-state index contributed by atoms with van der Waals surface area (Å²) in [5, 5.41) is 2.89. The molecule has 0 saturated carbocycles. The van der Waals surface area contributed by atoms with Crippen LogP contribution in [0.1, 0.15) is 28.2 Å². The third-order valence-electron chi connectivity index (χ3n) is 2.58. The predicted octanol–water partition coefficient (Wildman–Crippen LogP) is 3.30. The summed E-state index contributed by atoms with van der Waals surface area (Å²) < 4.78 is 5.77. The Kier molecular flexibility index (Phi) is 4.39. The quantitative estimate of drug-likeness (QED) is 0.942. The zero-order chi connectivity index (χ0) is 13.8. The molecule has 0 aliphatic carbocycles. The Morgan fingerprint density at radius 1 is 1.47 bits per heavy atom. The maximum Gasteiger partial charge on any atom is 0.257 e. The molecule has 0 spiro atoms. The fraction of sp³-hybridized carbons (Fsp3) is 0.231. The molecule has 0 unspecified atom stereocenters. The highest BCUT2D eigenvalue weighted by molar-refractivity contribution is 7.16. The van der Waals surface area contributed by atoms with Gasteiger partial charge in [0.05, 0.1) is 17.5 Å². The van der Waals surface area contributed by atoms with Gasteiger partial charge < -0.3 is 10.1 Å². The summed E-state index contributed by atoms with van der Waals surface area (Å²) in [5.74, 6) is 0.0957. The number of thiophene rings is 1. The number of hydrogen-bond donors (Lipinski definition) is 1. The van der Waals surface area contributed by atoms with E-state index in [1.54, 1.807) is 18.3 Å². The Balaban J connectivity index is 2.12. The maximum absolute atomic E-state index is 12.2. The van der Waals surface area contributed by atoms with Crippen molar-refractivity contribution in [3.63, 3.8) is 0 Å². The topological polar surface area (TPSA) is 51.2 Å². The molecule has 19 heavy (non-hydrogen) atoms. The van der Waals surface area contributed by atoms with E-state index in [9.17, 15) is 4.79 Å². The first-order valence-electron chi connectivity index (χ1n) is 5.67. The highest BCUT2D eigenvalue weighted by Crippen LogP contribution is 2.27. The van der Waals surface area contributed by atoms with Crippen LogP contribution >= 0.6 is 22.9 Å². The van der Waals surface area contributed by atoms with Crippen LogP contribution in [0.25, 0.3) is 0 Å². The summed E-state index contributed by atoms with van der Waals surface area (Å²) in [5.41, 5.74) is 0.416. The normalized spacial score (nSPS) is 11.9. The van der Waals surface area contributed by atoms with Gasteiger partial charge in [0.2, 0.25) is 5.88 Å². The fourth-order valence-corrected chi connectivity index (χ4v) is 2.70. The standard InChI is InChI=1S/C13H13ClN2O2S/c1-8(10-5-6-11(14)19-10)16-12(17)9-4-3-7-15-13(9)18-2/h3-8H,1-2H3,(H,16,17)/t8-/m0/s1. The lowest BCUT2D eigenvalue weighted by molar-refractivity contribution is 0.0936. The van der Waals surface area contributed by atoms with Crippen molar-refractivity contribution in [2.75, 3.05) is 7.11 Å². The molecule has 0 aliphatic heterocycles. The molecular formula is C13H13ClN2O2S. The van der Waals surface area contributed by atoms with Crippen molar-refractivity contribution in [3.05, 3.63) is 45.2 Å². The van der Waals surface area contributed by atoms with Crippen LogP contribution in [0.3, 0.4) is 0 Å². The van der Waals surface area contributed by atoms with Crippen LogP contribution in [0.4, 0.5) is 0 Å². The van der Waals surface area contributed by atoms with Gasteiger partial charge >= 0.3 is 0 Å². The second-order valence-corrected chi connectivity index (χ2v) is 5.64. The summed E-state index contributed by atoms with van der Waals surface area (Å²) in [6, 6.07) is 6.97. The van der Waals surface area contributed by atoms with Crippen molar-refractivity contribution < 1.29 is 9.53 Å². The number of ether oxygens (including phenoxy) is 1. The maximum atomic E-state index is 12.2. The Morgan fingerprint density at radius 3 is 2.89 bits per heavy atom. The van der Waals surface area contributed by atoms with E-state index in [2.05, 4.69) is 10.3 Å².